The number of aromatic nitrogens is 3. The number of rotatable bonds is 1. The molecular formula is C11H17F3N4. The minimum Gasteiger partial charge on any atom is -0.305 e. The Balaban J connectivity index is 2.15. The van der Waals surface area contributed by atoms with Crippen molar-refractivity contribution in [1.82, 2.24) is 19.7 Å². The zero-order valence-electron chi connectivity index (χ0n) is 10.8. The minimum absolute atomic E-state index is 0.120. The summed E-state index contributed by atoms with van der Waals surface area (Å²) in [6.07, 6.45) is -4.42. The van der Waals surface area contributed by atoms with E-state index < -0.39 is 12.0 Å². The van der Waals surface area contributed by atoms with E-state index in [9.17, 15) is 13.2 Å². The molecule has 18 heavy (non-hydrogen) atoms. The van der Waals surface area contributed by atoms with Crippen molar-refractivity contribution in [3.63, 3.8) is 0 Å². The number of hydrogen-bond donors (Lipinski definition) is 0. The smallest absolute Gasteiger partial charge is 0.305 e. The summed E-state index contributed by atoms with van der Waals surface area (Å²) < 4.78 is 39.1. The topological polar surface area (TPSA) is 34.0 Å². The van der Waals surface area contributed by atoms with E-state index >= 15 is 0 Å². The molecule has 1 aromatic heterocycles. The van der Waals surface area contributed by atoms with Gasteiger partial charge in [0.1, 0.15) is 5.82 Å². The summed E-state index contributed by atoms with van der Waals surface area (Å²) >= 11 is 0. The number of alkyl halides is 3. The zero-order chi connectivity index (χ0) is 13.6. The average Bonchev–Trinajstić information content (AvgIpc) is 2.56. The fourth-order valence-electron chi connectivity index (χ4n) is 2.22. The second-order valence-electron chi connectivity index (χ2n) is 5.86. The van der Waals surface area contributed by atoms with Gasteiger partial charge in [-0.2, -0.15) is 13.2 Å². The summed E-state index contributed by atoms with van der Waals surface area (Å²) in [6.45, 7) is 8.48. The van der Waals surface area contributed by atoms with Gasteiger partial charge in [0.2, 0.25) is 5.82 Å². The maximum absolute atomic E-state index is 12.6. The van der Waals surface area contributed by atoms with Gasteiger partial charge in [0.05, 0.1) is 6.54 Å². The molecule has 0 amide bonds. The molecule has 2 heterocycles. The lowest BCUT2D eigenvalue weighted by atomic mass is 9.96. The largest absolute Gasteiger partial charge is 0.451 e. The molecule has 0 aliphatic carbocycles. The maximum Gasteiger partial charge on any atom is 0.451 e. The van der Waals surface area contributed by atoms with Crippen molar-refractivity contribution in [3.8, 4) is 0 Å². The van der Waals surface area contributed by atoms with E-state index in [1.165, 1.54) is 4.57 Å². The van der Waals surface area contributed by atoms with Gasteiger partial charge >= 0.3 is 6.18 Å². The van der Waals surface area contributed by atoms with Gasteiger partial charge in [-0.25, -0.2) is 0 Å². The molecule has 1 aliphatic rings. The van der Waals surface area contributed by atoms with E-state index in [0.29, 0.717) is 25.5 Å². The standard InChI is InChI=1S/C11H17F3N4/c1-10(2,3)7-17-4-5-18-8(6-17)15-16-9(18)11(12,13)14/h4-7H2,1-3H3. The Kier molecular flexibility index (Phi) is 3.12. The first-order chi connectivity index (χ1) is 8.17. The Bertz CT molecular complexity index is 430. The van der Waals surface area contributed by atoms with Crippen LogP contribution in [0.5, 0.6) is 0 Å². The molecule has 0 fully saturated rings. The summed E-state index contributed by atoms with van der Waals surface area (Å²) in [5.74, 6) is -0.481. The van der Waals surface area contributed by atoms with E-state index in [1.54, 1.807) is 0 Å². The highest BCUT2D eigenvalue weighted by molar-refractivity contribution is 5.02. The zero-order valence-corrected chi connectivity index (χ0v) is 10.8. The molecule has 4 nitrogen and oxygen atoms in total. The number of hydrogen-bond acceptors (Lipinski definition) is 3. The molecule has 0 unspecified atom stereocenters. The Labute approximate surface area is 104 Å². The molecule has 7 heteroatoms. The molecule has 0 atom stereocenters. The van der Waals surface area contributed by atoms with Crippen molar-refractivity contribution >= 4 is 0 Å². The number of halogens is 3. The first-order valence-corrected chi connectivity index (χ1v) is 5.88. The van der Waals surface area contributed by atoms with Crippen LogP contribution in [-0.4, -0.2) is 32.8 Å². The summed E-state index contributed by atoms with van der Waals surface area (Å²) in [4.78, 5) is 2.12. The Morgan fingerprint density at radius 2 is 1.78 bits per heavy atom. The van der Waals surface area contributed by atoms with Crippen LogP contribution in [0.4, 0.5) is 13.2 Å². The third-order valence-corrected chi connectivity index (χ3v) is 2.78. The SMILES string of the molecule is CC(C)(C)CN1CCn2c(nnc2C(F)(F)F)C1. The normalized spacial score (nSPS) is 17.9. The second kappa shape index (κ2) is 4.22. The van der Waals surface area contributed by atoms with E-state index in [0.717, 1.165) is 6.54 Å². The molecule has 0 N–H and O–H groups in total. The fraction of sp³-hybridized carbons (Fsp3) is 0.818. The minimum atomic E-state index is -4.42. The quantitative estimate of drug-likeness (QED) is 0.777. The first-order valence-electron chi connectivity index (χ1n) is 5.88. The summed E-state index contributed by atoms with van der Waals surface area (Å²) in [7, 11) is 0. The van der Waals surface area contributed by atoms with Gasteiger partial charge in [0.25, 0.3) is 0 Å². The van der Waals surface area contributed by atoms with E-state index in [1.807, 2.05) is 0 Å². The monoisotopic (exact) mass is 262 g/mol. The lowest BCUT2D eigenvalue weighted by molar-refractivity contribution is -0.148. The maximum atomic E-state index is 12.6. The van der Waals surface area contributed by atoms with Crippen molar-refractivity contribution in [3.05, 3.63) is 11.6 Å². The van der Waals surface area contributed by atoms with Gasteiger partial charge in [0.15, 0.2) is 0 Å². The molecule has 1 aliphatic heterocycles. The molecule has 0 bridgehead atoms. The van der Waals surface area contributed by atoms with Gasteiger partial charge in [-0.05, 0) is 5.41 Å². The molecule has 102 valence electrons. The Morgan fingerprint density at radius 3 is 2.33 bits per heavy atom. The van der Waals surface area contributed by atoms with Crippen LogP contribution in [0.15, 0.2) is 0 Å². The predicted molar refractivity (Wildman–Crippen MR) is 59.8 cm³/mol. The van der Waals surface area contributed by atoms with Gasteiger partial charge < -0.3 is 4.57 Å². The van der Waals surface area contributed by atoms with Crippen LogP contribution >= 0.6 is 0 Å². The third-order valence-electron chi connectivity index (χ3n) is 2.78. The van der Waals surface area contributed by atoms with Crippen LogP contribution in [0.25, 0.3) is 0 Å². The molecule has 0 radical (unpaired) electrons. The first kappa shape index (κ1) is 13.3. The van der Waals surface area contributed by atoms with Crippen LogP contribution < -0.4 is 0 Å². The van der Waals surface area contributed by atoms with E-state index in [-0.39, 0.29) is 5.41 Å². The lowest BCUT2D eigenvalue weighted by Gasteiger charge is -2.33. The molecule has 0 saturated heterocycles. The van der Waals surface area contributed by atoms with Gasteiger partial charge in [0, 0.05) is 19.6 Å². The van der Waals surface area contributed by atoms with Gasteiger partial charge in [-0.15, -0.1) is 10.2 Å². The summed E-state index contributed by atoms with van der Waals surface area (Å²) in [5.41, 5.74) is 0.120. The van der Waals surface area contributed by atoms with Crippen molar-refractivity contribution in [2.75, 3.05) is 13.1 Å². The van der Waals surface area contributed by atoms with Crippen LogP contribution in [0.1, 0.15) is 32.4 Å². The molecule has 0 saturated carbocycles. The van der Waals surface area contributed by atoms with Crippen LogP contribution in [-0.2, 0) is 19.3 Å². The van der Waals surface area contributed by atoms with Crippen LogP contribution in [0.2, 0.25) is 0 Å². The van der Waals surface area contributed by atoms with Crippen LogP contribution in [0, 0.1) is 5.41 Å². The highest BCUT2D eigenvalue weighted by Crippen LogP contribution is 2.29. The molecule has 0 spiro atoms. The van der Waals surface area contributed by atoms with Crippen molar-refractivity contribution in [2.24, 2.45) is 5.41 Å². The number of nitrogens with zero attached hydrogens (tertiary/aromatic N) is 4. The van der Waals surface area contributed by atoms with Crippen molar-refractivity contribution < 1.29 is 13.2 Å². The predicted octanol–water partition coefficient (Wildman–Crippen LogP) is 2.16. The Morgan fingerprint density at radius 1 is 1.11 bits per heavy atom. The lowest BCUT2D eigenvalue weighted by Crippen LogP contribution is -2.39. The van der Waals surface area contributed by atoms with E-state index in [4.69, 9.17) is 0 Å². The van der Waals surface area contributed by atoms with Crippen molar-refractivity contribution in [1.29, 1.82) is 0 Å². The van der Waals surface area contributed by atoms with Gasteiger partial charge in [-0.1, -0.05) is 20.8 Å². The summed E-state index contributed by atoms with van der Waals surface area (Å²) in [6, 6.07) is 0. The molecule has 0 aromatic carbocycles. The number of fused-ring (bicyclic) bond motifs is 1. The molecule has 1 aromatic rings. The second-order valence-corrected chi connectivity index (χ2v) is 5.86. The molecular weight excluding hydrogens is 245 g/mol. The van der Waals surface area contributed by atoms with Crippen LogP contribution in [0.3, 0.4) is 0 Å². The average molecular weight is 262 g/mol. The highest BCUT2D eigenvalue weighted by atomic mass is 19.4. The highest BCUT2D eigenvalue weighted by Gasteiger charge is 2.39. The fourth-order valence-corrected chi connectivity index (χ4v) is 2.22. The third kappa shape index (κ3) is 2.82. The Hall–Kier alpha value is -1.11. The molecule has 2 rings (SSSR count). The van der Waals surface area contributed by atoms with Crippen molar-refractivity contribution in [2.45, 2.75) is 40.0 Å². The summed E-state index contributed by atoms with van der Waals surface area (Å²) in [5, 5.41) is 6.92. The van der Waals surface area contributed by atoms with E-state index in [2.05, 4.69) is 35.9 Å². The van der Waals surface area contributed by atoms with Gasteiger partial charge in [-0.3, -0.25) is 4.90 Å².